The van der Waals surface area contributed by atoms with Crippen molar-refractivity contribution in [1.29, 1.82) is 0 Å². The van der Waals surface area contributed by atoms with Crippen LogP contribution >= 0.6 is 12.2 Å². The van der Waals surface area contributed by atoms with E-state index in [-0.39, 0.29) is 17.6 Å². The van der Waals surface area contributed by atoms with Gasteiger partial charge in [-0.05, 0) is 74.1 Å². The summed E-state index contributed by atoms with van der Waals surface area (Å²) in [4.78, 5) is 18.6. The highest BCUT2D eigenvalue weighted by Gasteiger charge is 2.41. The van der Waals surface area contributed by atoms with Crippen molar-refractivity contribution in [1.82, 2.24) is 19.8 Å². The Bertz CT molecular complexity index is 1350. The summed E-state index contributed by atoms with van der Waals surface area (Å²) in [7, 11) is 0. The van der Waals surface area contributed by atoms with E-state index in [1.807, 2.05) is 60.9 Å². The lowest BCUT2D eigenvalue weighted by Crippen LogP contribution is -2.29. The number of hydrogen-bond donors (Lipinski definition) is 2. The average Bonchev–Trinajstić information content (AvgIpc) is 3.53. The third-order valence-electron chi connectivity index (χ3n) is 6.27. The molecule has 2 atom stereocenters. The van der Waals surface area contributed by atoms with Gasteiger partial charge in [0, 0.05) is 17.6 Å². The van der Waals surface area contributed by atoms with Crippen LogP contribution in [0.4, 0.5) is 0 Å². The molecule has 0 bridgehead atoms. The number of carbonyl (C=O) groups is 1. The van der Waals surface area contributed by atoms with E-state index in [9.17, 15) is 9.90 Å². The van der Waals surface area contributed by atoms with Crippen LogP contribution in [0.15, 0.2) is 77.5 Å². The molecule has 172 valence electrons. The minimum atomic E-state index is -0.959. The highest BCUT2D eigenvalue weighted by Crippen LogP contribution is 2.42. The fourth-order valence-electron chi connectivity index (χ4n) is 4.79. The van der Waals surface area contributed by atoms with E-state index in [1.165, 1.54) is 0 Å². The number of furan rings is 1. The quantitative estimate of drug-likeness (QED) is 0.384. The van der Waals surface area contributed by atoms with Gasteiger partial charge in [-0.25, -0.2) is 4.79 Å². The van der Waals surface area contributed by atoms with Crippen LogP contribution in [0.25, 0.3) is 5.69 Å². The second kappa shape index (κ2) is 8.79. The second-order valence-electron chi connectivity index (χ2n) is 8.32. The summed E-state index contributed by atoms with van der Waals surface area (Å²) in [6.45, 7) is 4.51. The Morgan fingerprint density at radius 1 is 1.15 bits per heavy atom. The lowest BCUT2D eigenvalue weighted by atomic mass is 9.96. The molecule has 0 aliphatic carbocycles. The average molecular weight is 473 g/mol. The molecule has 1 aliphatic rings. The number of thiocarbonyl (C=S) groups is 1. The predicted molar refractivity (Wildman–Crippen MR) is 132 cm³/mol. The van der Waals surface area contributed by atoms with Crippen LogP contribution in [0.3, 0.4) is 0 Å². The van der Waals surface area contributed by atoms with E-state index >= 15 is 0 Å². The van der Waals surface area contributed by atoms with Gasteiger partial charge in [-0.2, -0.15) is 0 Å². The Morgan fingerprint density at radius 2 is 1.94 bits per heavy atom. The van der Waals surface area contributed by atoms with Crippen molar-refractivity contribution in [2.45, 2.75) is 32.5 Å². The molecule has 0 radical (unpaired) electrons. The number of carboxylic acids is 1. The summed E-state index contributed by atoms with van der Waals surface area (Å²) in [6, 6.07) is 18.5. The van der Waals surface area contributed by atoms with Gasteiger partial charge in [0.05, 0.1) is 41.8 Å². The van der Waals surface area contributed by atoms with Gasteiger partial charge in [0.15, 0.2) is 5.11 Å². The van der Waals surface area contributed by atoms with Crippen LogP contribution in [0.2, 0.25) is 0 Å². The minimum absolute atomic E-state index is 0.163. The van der Waals surface area contributed by atoms with Crippen molar-refractivity contribution >= 4 is 23.3 Å². The van der Waals surface area contributed by atoms with Gasteiger partial charge in [0.25, 0.3) is 0 Å². The highest BCUT2D eigenvalue weighted by molar-refractivity contribution is 7.80. The number of hydrogen-bond acceptors (Lipinski definition) is 4. The lowest BCUT2D eigenvalue weighted by Gasteiger charge is -2.27. The molecule has 4 heterocycles. The second-order valence-corrected chi connectivity index (χ2v) is 8.70. The van der Waals surface area contributed by atoms with Gasteiger partial charge >= 0.3 is 5.97 Å². The van der Waals surface area contributed by atoms with Crippen molar-refractivity contribution < 1.29 is 14.3 Å². The fourth-order valence-corrected chi connectivity index (χ4v) is 5.10. The zero-order valence-corrected chi connectivity index (χ0v) is 19.6. The maximum Gasteiger partial charge on any atom is 0.337 e. The third kappa shape index (κ3) is 3.76. The van der Waals surface area contributed by atoms with Crippen LogP contribution in [0.1, 0.15) is 50.8 Å². The van der Waals surface area contributed by atoms with Crippen LogP contribution in [-0.2, 0) is 6.54 Å². The Balaban J connectivity index is 1.65. The molecule has 1 aliphatic heterocycles. The number of aromatic nitrogens is 2. The van der Waals surface area contributed by atoms with Crippen molar-refractivity contribution in [3.8, 4) is 5.69 Å². The molecule has 2 N–H and O–H groups in total. The van der Waals surface area contributed by atoms with Crippen LogP contribution < -0.4 is 5.32 Å². The number of benzene rings is 1. The molecule has 1 saturated heterocycles. The van der Waals surface area contributed by atoms with E-state index in [1.54, 1.807) is 24.6 Å². The van der Waals surface area contributed by atoms with Crippen molar-refractivity contribution in [2.75, 3.05) is 0 Å². The first-order valence-electron chi connectivity index (χ1n) is 11.0. The maximum absolute atomic E-state index is 11.9. The molecule has 4 aromatic rings. The summed E-state index contributed by atoms with van der Waals surface area (Å²) in [5, 5.41) is 13.8. The molecule has 34 heavy (non-hydrogen) atoms. The first-order chi connectivity index (χ1) is 16.5. The van der Waals surface area contributed by atoms with Crippen molar-refractivity contribution in [3.63, 3.8) is 0 Å². The zero-order valence-electron chi connectivity index (χ0n) is 18.8. The van der Waals surface area contributed by atoms with E-state index in [0.717, 1.165) is 28.4 Å². The van der Waals surface area contributed by atoms with Crippen molar-refractivity contribution in [2.24, 2.45) is 0 Å². The minimum Gasteiger partial charge on any atom is -0.478 e. The Hall–Kier alpha value is -3.91. The van der Waals surface area contributed by atoms with E-state index in [2.05, 4.69) is 21.3 Å². The molecule has 0 spiro atoms. The highest BCUT2D eigenvalue weighted by atomic mass is 32.1. The van der Waals surface area contributed by atoms with Gasteiger partial charge in [0.2, 0.25) is 0 Å². The lowest BCUT2D eigenvalue weighted by molar-refractivity contribution is 0.0697. The molecule has 0 amide bonds. The largest absolute Gasteiger partial charge is 0.478 e. The van der Waals surface area contributed by atoms with Gasteiger partial charge in [-0.3, -0.25) is 4.98 Å². The number of rotatable bonds is 6. The summed E-state index contributed by atoms with van der Waals surface area (Å²) in [5.41, 5.74) is 4.71. The summed E-state index contributed by atoms with van der Waals surface area (Å²) >= 11 is 5.76. The molecule has 0 saturated carbocycles. The molecule has 1 fully saturated rings. The fraction of sp³-hybridized carbons (Fsp3) is 0.192. The van der Waals surface area contributed by atoms with Crippen LogP contribution in [0, 0.1) is 13.8 Å². The number of para-hydroxylation sites is 1. The molecule has 7 nitrogen and oxygen atoms in total. The van der Waals surface area contributed by atoms with E-state index < -0.39 is 5.97 Å². The summed E-state index contributed by atoms with van der Waals surface area (Å²) in [6.07, 6.45) is 3.43. The Morgan fingerprint density at radius 3 is 2.65 bits per heavy atom. The first-order valence-corrected chi connectivity index (χ1v) is 11.4. The van der Waals surface area contributed by atoms with E-state index in [0.29, 0.717) is 17.3 Å². The topological polar surface area (TPSA) is 83.5 Å². The summed E-state index contributed by atoms with van der Waals surface area (Å²) in [5.74, 6) is -0.153. The number of carboxylic acid groups (broad SMARTS) is 1. The zero-order chi connectivity index (χ0) is 23.8. The number of aromatic carboxylic acids is 1. The molecule has 1 aromatic carbocycles. The predicted octanol–water partition coefficient (Wildman–Crippen LogP) is 4.95. The van der Waals surface area contributed by atoms with Gasteiger partial charge in [0.1, 0.15) is 5.76 Å². The molecule has 3 aromatic heterocycles. The normalized spacial score (nSPS) is 17.7. The standard InChI is InChI=1S/C26H24N4O3S/c1-16-14-20(17(2)30(16)22-11-4-3-9-19(22)25(31)32)24-23(21-10-5-6-12-27-21)28-26(34)29(24)15-18-8-7-13-33-18/h3-14,23-24H,15H2,1-2H3,(H,28,34)(H,31,32). The molecule has 5 rings (SSSR count). The SMILES string of the molecule is Cc1cc(C2C(c3ccccn3)NC(=S)N2Cc2ccco2)c(C)n1-c1ccccc1C(=O)O. The molecular weight excluding hydrogens is 448 g/mol. The summed E-state index contributed by atoms with van der Waals surface area (Å²) < 4.78 is 7.63. The Kier molecular flexibility index (Phi) is 5.67. The van der Waals surface area contributed by atoms with Gasteiger partial charge in [-0.15, -0.1) is 0 Å². The molecule has 2 unspecified atom stereocenters. The number of pyridine rings is 1. The molecular formula is C26H24N4O3S. The van der Waals surface area contributed by atoms with Gasteiger partial charge in [-0.1, -0.05) is 18.2 Å². The first kappa shape index (κ1) is 21.9. The number of aryl methyl sites for hydroxylation is 1. The molecule has 8 heteroatoms. The third-order valence-corrected chi connectivity index (χ3v) is 6.62. The van der Waals surface area contributed by atoms with Gasteiger partial charge < -0.3 is 24.3 Å². The Labute approximate surface area is 202 Å². The maximum atomic E-state index is 11.9. The van der Waals surface area contributed by atoms with Crippen molar-refractivity contribution in [3.05, 3.63) is 107 Å². The smallest absolute Gasteiger partial charge is 0.337 e. The number of nitrogens with zero attached hydrogens (tertiary/aromatic N) is 3. The number of nitrogens with one attached hydrogen (secondary N) is 1. The van der Waals surface area contributed by atoms with Crippen LogP contribution in [-0.4, -0.2) is 30.6 Å². The monoisotopic (exact) mass is 472 g/mol. The van der Waals surface area contributed by atoms with Crippen LogP contribution in [0.5, 0.6) is 0 Å². The van der Waals surface area contributed by atoms with E-state index in [4.69, 9.17) is 16.6 Å².